The Labute approximate surface area is 55.6 Å². The summed E-state index contributed by atoms with van der Waals surface area (Å²) >= 11 is 0. The van der Waals surface area contributed by atoms with Gasteiger partial charge >= 0.3 is 0 Å². The van der Waals surface area contributed by atoms with E-state index in [0.29, 0.717) is 6.42 Å². The Morgan fingerprint density at radius 2 is 2.22 bits per heavy atom. The summed E-state index contributed by atoms with van der Waals surface area (Å²) in [5.74, 6) is 0. The van der Waals surface area contributed by atoms with Crippen LogP contribution in [0.3, 0.4) is 0 Å². The highest BCUT2D eigenvalue weighted by atomic mass is 32.2. The van der Waals surface area contributed by atoms with Gasteiger partial charge in [0.25, 0.3) is 0 Å². The standard InChI is InChI=1S/C5H11NO2S/c1-3-5(4-2)9(6,7)8/h3,5H,1,4H2,2H3,(H2,6,7,8)/t5-/m1/s1. The van der Waals surface area contributed by atoms with Crippen LogP contribution in [0.4, 0.5) is 0 Å². The smallest absolute Gasteiger partial charge is 0.215 e. The first-order valence-electron chi connectivity index (χ1n) is 2.66. The molecule has 4 heteroatoms. The Balaban J connectivity index is 4.32. The Hall–Kier alpha value is -0.350. The van der Waals surface area contributed by atoms with E-state index in [1.807, 2.05) is 0 Å². The Morgan fingerprint density at radius 3 is 2.22 bits per heavy atom. The quantitative estimate of drug-likeness (QED) is 0.584. The zero-order valence-electron chi connectivity index (χ0n) is 5.37. The van der Waals surface area contributed by atoms with Crippen molar-refractivity contribution in [3.8, 4) is 0 Å². The number of hydrogen-bond donors (Lipinski definition) is 1. The summed E-state index contributed by atoms with van der Waals surface area (Å²) in [4.78, 5) is 0. The number of nitrogens with two attached hydrogens (primary N) is 1. The fraction of sp³-hybridized carbons (Fsp3) is 0.600. The molecule has 0 aliphatic heterocycles. The first-order chi connectivity index (χ1) is 4.02. The normalized spacial score (nSPS) is 14.9. The lowest BCUT2D eigenvalue weighted by Gasteiger charge is -2.03. The summed E-state index contributed by atoms with van der Waals surface area (Å²) in [6, 6.07) is 0. The van der Waals surface area contributed by atoms with Crippen LogP contribution in [-0.2, 0) is 10.0 Å². The van der Waals surface area contributed by atoms with Gasteiger partial charge in [-0.15, -0.1) is 6.58 Å². The second-order valence-electron chi connectivity index (χ2n) is 1.77. The van der Waals surface area contributed by atoms with Crippen LogP contribution in [0.2, 0.25) is 0 Å². The van der Waals surface area contributed by atoms with E-state index in [-0.39, 0.29) is 0 Å². The van der Waals surface area contributed by atoms with Crippen LogP contribution in [-0.4, -0.2) is 13.7 Å². The molecule has 0 aliphatic rings. The lowest BCUT2D eigenvalue weighted by Crippen LogP contribution is -2.25. The summed E-state index contributed by atoms with van der Waals surface area (Å²) in [6.07, 6.45) is 1.83. The van der Waals surface area contributed by atoms with Gasteiger partial charge in [0, 0.05) is 0 Å². The molecule has 0 rings (SSSR count). The van der Waals surface area contributed by atoms with Crippen LogP contribution >= 0.6 is 0 Å². The third-order valence-electron chi connectivity index (χ3n) is 1.09. The molecule has 0 saturated heterocycles. The fourth-order valence-corrected chi connectivity index (χ4v) is 1.27. The summed E-state index contributed by atoms with van der Waals surface area (Å²) in [5.41, 5.74) is 0. The van der Waals surface area contributed by atoms with Gasteiger partial charge in [-0.3, -0.25) is 0 Å². The van der Waals surface area contributed by atoms with Crippen molar-refractivity contribution in [1.29, 1.82) is 0 Å². The molecular formula is C5H11NO2S. The van der Waals surface area contributed by atoms with Crippen molar-refractivity contribution in [3.05, 3.63) is 12.7 Å². The monoisotopic (exact) mass is 149 g/mol. The van der Waals surface area contributed by atoms with Crippen LogP contribution in [0.25, 0.3) is 0 Å². The molecule has 0 bridgehead atoms. The highest BCUT2D eigenvalue weighted by Gasteiger charge is 2.13. The number of hydrogen-bond acceptors (Lipinski definition) is 2. The Bertz CT molecular complexity index is 183. The first-order valence-corrected chi connectivity index (χ1v) is 4.27. The predicted molar refractivity (Wildman–Crippen MR) is 37.4 cm³/mol. The van der Waals surface area contributed by atoms with Crippen molar-refractivity contribution in [3.63, 3.8) is 0 Å². The molecule has 0 aromatic rings. The average molecular weight is 149 g/mol. The van der Waals surface area contributed by atoms with E-state index >= 15 is 0 Å². The Kier molecular flexibility index (Phi) is 2.87. The molecule has 54 valence electrons. The zero-order valence-corrected chi connectivity index (χ0v) is 6.19. The maximum atomic E-state index is 10.5. The molecule has 0 heterocycles. The van der Waals surface area contributed by atoms with Gasteiger partial charge < -0.3 is 0 Å². The largest absolute Gasteiger partial charge is 0.228 e. The van der Waals surface area contributed by atoms with E-state index in [0.717, 1.165) is 0 Å². The van der Waals surface area contributed by atoms with E-state index in [9.17, 15) is 8.42 Å². The third-order valence-corrected chi connectivity index (χ3v) is 2.46. The molecular weight excluding hydrogens is 138 g/mol. The molecule has 0 spiro atoms. The van der Waals surface area contributed by atoms with Crippen molar-refractivity contribution < 1.29 is 8.42 Å². The minimum atomic E-state index is -3.38. The van der Waals surface area contributed by atoms with Gasteiger partial charge in [0.2, 0.25) is 10.0 Å². The summed E-state index contributed by atoms with van der Waals surface area (Å²) in [7, 11) is -3.38. The summed E-state index contributed by atoms with van der Waals surface area (Å²) in [6.45, 7) is 5.09. The average Bonchev–Trinajstić information content (AvgIpc) is 1.65. The molecule has 0 amide bonds. The number of primary sulfonamides is 1. The third kappa shape index (κ3) is 2.62. The molecule has 9 heavy (non-hydrogen) atoms. The summed E-state index contributed by atoms with van der Waals surface area (Å²) in [5, 5.41) is 4.22. The van der Waals surface area contributed by atoms with Gasteiger partial charge in [-0.05, 0) is 6.42 Å². The fourth-order valence-electron chi connectivity index (χ4n) is 0.533. The molecule has 0 radical (unpaired) electrons. The van der Waals surface area contributed by atoms with Crippen molar-refractivity contribution in [2.24, 2.45) is 5.14 Å². The van der Waals surface area contributed by atoms with E-state index in [2.05, 4.69) is 6.58 Å². The van der Waals surface area contributed by atoms with Crippen LogP contribution in [0.15, 0.2) is 12.7 Å². The van der Waals surface area contributed by atoms with Crippen molar-refractivity contribution in [2.45, 2.75) is 18.6 Å². The minimum absolute atomic E-state index is 0.488. The van der Waals surface area contributed by atoms with Crippen LogP contribution in [0.5, 0.6) is 0 Å². The van der Waals surface area contributed by atoms with E-state index in [4.69, 9.17) is 5.14 Å². The predicted octanol–water partition coefficient (Wildman–Crippen LogP) is 0.240. The van der Waals surface area contributed by atoms with Crippen LogP contribution < -0.4 is 5.14 Å². The van der Waals surface area contributed by atoms with Gasteiger partial charge in [-0.25, -0.2) is 13.6 Å². The molecule has 2 N–H and O–H groups in total. The molecule has 0 aromatic heterocycles. The maximum Gasteiger partial charge on any atom is 0.215 e. The van der Waals surface area contributed by atoms with E-state index in [1.165, 1.54) is 6.08 Å². The van der Waals surface area contributed by atoms with Gasteiger partial charge in [-0.1, -0.05) is 13.0 Å². The van der Waals surface area contributed by atoms with Gasteiger partial charge in [0.05, 0.1) is 5.25 Å². The zero-order chi connectivity index (χ0) is 7.49. The molecule has 0 fully saturated rings. The topological polar surface area (TPSA) is 60.2 Å². The van der Waals surface area contributed by atoms with Gasteiger partial charge in [0.15, 0.2) is 0 Å². The summed E-state index contributed by atoms with van der Waals surface area (Å²) < 4.78 is 21.0. The second-order valence-corrected chi connectivity index (χ2v) is 3.55. The Morgan fingerprint density at radius 1 is 1.78 bits per heavy atom. The molecule has 3 nitrogen and oxygen atoms in total. The number of rotatable bonds is 3. The molecule has 1 atom stereocenters. The van der Waals surface area contributed by atoms with Crippen molar-refractivity contribution in [2.75, 3.05) is 0 Å². The lowest BCUT2D eigenvalue weighted by atomic mass is 10.3. The SMILES string of the molecule is C=C[C@H](CC)S(N)(=O)=O. The molecule has 0 aromatic carbocycles. The highest BCUT2D eigenvalue weighted by Crippen LogP contribution is 2.00. The molecule has 0 aliphatic carbocycles. The highest BCUT2D eigenvalue weighted by molar-refractivity contribution is 7.89. The van der Waals surface area contributed by atoms with E-state index in [1.54, 1.807) is 6.92 Å². The van der Waals surface area contributed by atoms with Crippen LogP contribution in [0, 0.1) is 0 Å². The first kappa shape index (κ1) is 8.65. The molecule has 0 unspecified atom stereocenters. The van der Waals surface area contributed by atoms with E-state index < -0.39 is 15.3 Å². The van der Waals surface area contributed by atoms with Crippen molar-refractivity contribution in [1.82, 2.24) is 0 Å². The van der Waals surface area contributed by atoms with Crippen LogP contribution in [0.1, 0.15) is 13.3 Å². The van der Waals surface area contributed by atoms with Gasteiger partial charge in [-0.2, -0.15) is 0 Å². The van der Waals surface area contributed by atoms with Gasteiger partial charge in [0.1, 0.15) is 0 Å². The number of sulfonamides is 1. The second kappa shape index (κ2) is 2.98. The minimum Gasteiger partial charge on any atom is -0.228 e. The lowest BCUT2D eigenvalue weighted by molar-refractivity contribution is 0.588. The molecule has 0 saturated carbocycles. The van der Waals surface area contributed by atoms with Crippen molar-refractivity contribution >= 4 is 10.0 Å². The maximum absolute atomic E-state index is 10.5.